The van der Waals surface area contributed by atoms with Crippen molar-refractivity contribution >= 4 is 5.84 Å². The molecule has 0 aromatic heterocycles. The minimum absolute atomic E-state index is 1.01. The van der Waals surface area contributed by atoms with Crippen LogP contribution in [0.3, 0.4) is 0 Å². The number of piperazine rings is 1. The minimum atomic E-state index is 1.01. The molecule has 1 aliphatic rings. The van der Waals surface area contributed by atoms with E-state index in [0.29, 0.717) is 0 Å². The number of hydrogen-bond acceptors (Lipinski definition) is 2. The standard InChI is InChI=1S/C10H17N3/c1-3-5-10(12-4-2)13-8-6-11-7-9-13/h3-5,11H,2,6-9H2,1H3/b5-3-,12-10?. The van der Waals surface area contributed by atoms with Crippen molar-refractivity contribution in [1.29, 1.82) is 0 Å². The third-order valence-corrected chi connectivity index (χ3v) is 1.98. The molecule has 1 heterocycles. The van der Waals surface area contributed by atoms with Crippen LogP contribution in [0, 0.1) is 0 Å². The first kappa shape index (κ1) is 9.99. The van der Waals surface area contributed by atoms with Crippen molar-refractivity contribution in [3.8, 4) is 0 Å². The highest BCUT2D eigenvalue weighted by atomic mass is 15.2. The van der Waals surface area contributed by atoms with Crippen molar-refractivity contribution in [2.75, 3.05) is 26.2 Å². The molecule has 1 fully saturated rings. The second-order valence-electron chi connectivity index (χ2n) is 2.91. The van der Waals surface area contributed by atoms with Gasteiger partial charge in [-0.15, -0.1) is 0 Å². The van der Waals surface area contributed by atoms with Gasteiger partial charge in [0.1, 0.15) is 5.84 Å². The van der Waals surface area contributed by atoms with E-state index in [1.807, 2.05) is 19.1 Å². The lowest BCUT2D eigenvalue weighted by atomic mass is 10.3. The van der Waals surface area contributed by atoms with E-state index in [9.17, 15) is 0 Å². The van der Waals surface area contributed by atoms with E-state index in [0.717, 1.165) is 32.0 Å². The van der Waals surface area contributed by atoms with Gasteiger partial charge < -0.3 is 10.2 Å². The number of amidine groups is 1. The Balaban J connectivity index is 2.62. The molecule has 1 rings (SSSR count). The van der Waals surface area contributed by atoms with E-state index in [1.54, 1.807) is 6.20 Å². The monoisotopic (exact) mass is 179 g/mol. The SMILES string of the molecule is C=CN=C(/C=C\C)N1CCNCC1. The van der Waals surface area contributed by atoms with Gasteiger partial charge in [0.05, 0.1) is 0 Å². The number of nitrogens with zero attached hydrogens (tertiary/aromatic N) is 2. The van der Waals surface area contributed by atoms with Crippen LogP contribution >= 0.6 is 0 Å². The van der Waals surface area contributed by atoms with Gasteiger partial charge in [-0.25, -0.2) is 4.99 Å². The summed E-state index contributed by atoms with van der Waals surface area (Å²) in [5, 5.41) is 3.31. The van der Waals surface area contributed by atoms with Crippen LogP contribution in [0.2, 0.25) is 0 Å². The molecule has 1 saturated heterocycles. The summed E-state index contributed by atoms with van der Waals surface area (Å²) in [5.41, 5.74) is 0. The Morgan fingerprint density at radius 2 is 2.15 bits per heavy atom. The van der Waals surface area contributed by atoms with E-state index in [2.05, 4.69) is 21.8 Å². The third kappa shape index (κ3) is 3.03. The Morgan fingerprint density at radius 3 is 2.69 bits per heavy atom. The summed E-state index contributed by atoms with van der Waals surface area (Å²) in [6.07, 6.45) is 5.62. The minimum Gasteiger partial charge on any atom is -0.354 e. The summed E-state index contributed by atoms with van der Waals surface area (Å²) in [7, 11) is 0. The lowest BCUT2D eigenvalue weighted by Crippen LogP contribution is -2.45. The second kappa shape index (κ2) is 5.54. The van der Waals surface area contributed by atoms with Crippen LogP contribution < -0.4 is 5.32 Å². The van der Waals surface area contributed by atoms with Gasteiger partial charge in [-0.1, -0.05) is 12.7 Å². The Labute approximate surface area is 79.8 Å². The molecule has 0 aromatic carbocycles. The highest BCUT2D eigenvalue weighted by Gasteiger charge is 2.10. The smallest absolute Gasteiger partial charge is 0.128 e. The molecule has 0 unspecified atom stereocenters. The van der Waals surface area contributed by atoms with Gasteiger partial charge in [0, 0.05) is 32.4 Å². The molecule has 0 aromatic rings. The summed E-state index contributed by atoms with van der Waals surface area (Å²) in [6, 6.07) is 0. The van der Waals surface area contributed by atoms with Gasteiger partial charge >= 0.3 is 0 Å². The normalized spacial score (nSPS) is 19.5. The molecule has 13 heavy (non-hydrogen) atoms. The lowest BCUT2D eigenvalue weighted by Gasteiger charge is -2.28. The van der Waals surface area contributed by atoms with E-state index in [-0.39, 0.29) is 0 Å². The molecule has 0 amide bonds. The van der Waals surface area contributed by atoms with Gasteiger partial charge in [0.25, 0.3) is 0 Å². The highest BCUT2D eigenvalue weighted by molar-refractivity contribution is 5.93. The summed E-state index contributed by atoms with van der Waals surface area (Å²) in [6.45, 7) is 9.74. The van der Waals surface area contributed by atoms with Crippen LogP contribution in [-0.2, 0) is 0 Å². The molecule has 0 radical (unpaired) electrons. The highest BCUT2D eigenvalue weighted by Crippen LogP contribution is 1.97. The molecule has 0 saturated carbocycles. The van der Waals surface area contributed by atoms with Crippen molar-refractivity contribution in [1.82, 2.24) is 10.2 Å². The number of allylic oxidation sites excluding steroid dienone is 1. The molecular weight excluding hydrogens is 162 g/mol. The number of nitrogens with one attached hydrogen (secondary N) is 1. The number of hydrogen-bond donors (Lipinski definition) is 1. The maximum absolute atomic E-state index is 4.23. The van der Waals surface area contributed by atoms with Crippen LogP contribution in [0.5, 0.6) is 0 Å². The fourth-order valence-corrected chi connectivity index (χ4v) is 1.37. The quantitative estimate of drug-likeness (QED) is 0.506. The van der Waals surface area contributed by atoms with E-state index >= 15 is 0 Å². The van der Waals surface area contributed by atoms with Gasteiger partial charge in [-0.3, -0.25) is 0 Å². The fourth-order valence-electron chi connectivity index (χ4n) is 1.37. The maximum Gasteiger partial charge on any atom is 0.128 e. The Hall–Kier alpha value is -1.09. The molecule has 1 N–H and O–H groups in total. The molecule has 72 valence electrons. The van der Waals surface area contributed by atoms with Crippen LogP contribution in [-0.4, -0.2) is 36.9 Å². The van der Waals surface area contributed by atoms with Gasteiger partial charge in [-0.2, -0.15) is 0 Å². The van der Waals surface area contributed by atoms with Crippen LogP contribution in [0.25, 0.3) is 0 Å². The van der Waals surface area contributed by atoms with Crippen molar-refractivity contribution in [2.45, 2.75) is 6.92 Å². The van der Waals surface area contributed by atoms with Crippen molar-refractivity contribution < 1.29 is 0 Å². The van der Waals surface area contributed by atoms with E-state index < -0.39 is 0 Å². The van der Waals surface area contributed by atoms with Gasteiger partial charge in [0.15, 0.2) is 0 Å². The Kier molecular flexibility index (Phi) is 4.26. The van der Waals surface area contributed by atoms with E-state index in [1.165, 1.54) is 0 Å². The Morgan fingerprint density at radius 1 is 1.46 bits per heavy atom. The zero-order chi connectivity index (χ0) is 9.52. The zero-order valence-electron chi connectivity index (χ0n) is 8.16. The molecular formula is C10H17N3. The Bertz CT molecular complexity index is 212. The molecule has 0 bridgehead atoms. The number of aliphatic imine (C=N–C) groups is 1. The van der Waals surface area contributed by atoms with Crippen molar-refractivity contribution in [3.05, 3.63) is 24.9 Å². The van der Waals surface area contributed by atoms with Crippen molar-refractivity contribution in [2.24, 2.45) is 4.99 Å². The first-order valence-corrected chi connectivity index (χ1v) is 4.65. The van der Waals surface area contributed by atoms with Crippen LogP contribution in [0.1, 0.15) is 6.92 Å². The maximum atomic E-state index is 4.23. The van der Waals surface area contributed by atoms with Crippen LogP contribution in [0.15, 0.2) is 29.9 Å². The zero-order valence-corrected chi connectivity index (χ0v) is 8.16. The second-order valence-corrected chi connectivity index (χ2v) is 2.91. The predicted molar refractivity (Wildman–Crippen MR) is 56.9 cm³/mol. The third-order valence-electron chi connectivity index (χ3n) is 1.98. The van der Waals surface area contributed by atoms with Gasteiger partial charge in [-0.05, 0) is 13.0 Å². The first-order chi connectivity index (χ1) is 6.38. The molecule has 3 nitrogen and oxygen atoms in total. The lowest BCUT2D eigenvalue weighted by molar-refractivity contribution is 0.359. The molecule has 1 aliphatic heterocycles. The molecule has 0 spiro atoms. The first-order valence-electron chi connectivity index (χ1n) is 4.65. The average molecular weight is 179 g/mol. The topological polar surface area (TPSA) is 27.6 Å². The largest absolute Gasteiger partial charge is 0.354 e. The summed E-state index contributed by atoms with van der Waals surface area (Å²) in [4.78, 5) is 6.49. The molecule has 3 heteroatoms. The summed E-state index contributed by atoms with van der Waals surface area (Å²) in [5.74, 6) is 1.01. The molecule has 0 atom stereocenters. The fraction of sp³-hybridized carbons (Fsp3) is 0.500. The number of rotatable bonds is 2. The summed E-state index contributed by atoms with van der Waals surface area (Å²) < 4.78 is 0. The molecule has 0 aliphatic carbocycles. The van der Waals surface area contributed by atoms with Crippen LogP contribution in [0.4, 0.5) is 0 Å². The summed E-state index contributed by atoms with van der Waals surface area (Å²) >= 11 is 0. The average Bonchev–Trinajstić information content (AvgIpc) is 2.19. The van der Waals surface area contributed by atoms with Gasteiger partial charge in [0.2, 0.25) is 0 Å². The predicted octanol–water partition coefficient (Wildman–Crippen LogP) is 1.01. The van der Waals surface area contributed by atoms with E-state index in [4.69, 9.17) is 0 Å². The van der Waals surface area contributed by atoms with Crippen molar-refractivity contribution in [3.63, 3.8) is 0 Å².